The van der Waals surface area contributed by atoms with E-state index in [1.165, 1.54) is 0 Å². The van der Waals surface area contributed by atoms with Crippen molar-refractivity contribution in [3.8, 4) is 0 Å². The fourth-order valence-corrected chi connectivity index (χ4v) is 4.05. The number of carbonyl (C=O) groups excluding carboxylic acids is 2. The summed E-state index contributed by atoms with van der Waals surface area (Å²) < 4.78 is 0. The summed E-state index contributed by atoms with van der Waals surface area (Å²) in [5, 5.41) is 12.1. The van der Waals surface area contributed by atoms with Crippen LogP contribution in [-0.4, -0.2) is 40.9 Å². The number of amides is 2. The van der Waals surface area contributed by atoms with Gasteiger partial charge in [0.15, 0.2) is 0 Å². The molecule has 2 aliphatic rings. The van der Waals surface area contributed by atoms with Crippen LogP contribution in [0, 0.1) is 17.8 Å². The number of anilines is 1. The van der Waals surface area contributed by atoms with Gasteiger partial charge in [-0.05, 0) is 50.2 Å². The van der Waals surface area contributed by atoms with Crippen LogP contribution in [0.1, 0.15) is 55.8 Å². The zero-order valence-electron chi connectivity index (χ0n) is 15.8. The molecule has 1 saturated carbocycles. The lowest BCUT2D eigenvalue weighted by Crippen LogP contribution is -2.38. The number of carbonyl (C=O) groups is 3. The van der Waals surface area contributed by atoms with Crippen LogP contribution < -0.4 is 5.32 Å². The lowest BCUT2D eigenvalue weighted by Gasteiger charge is -2.31. The Bertz CT molecular complexity index is 710. The number of piperidine rings is 1. The Morgan fingerprint density at radius 2 is 1.70 bits per heavy atom. The first-order chi connectivity index (χ1) is 13.0. The van der Waals surface area contributed by atoms with Gasteiger partial charge in [-0.15, -0.1) is 0 Å². The lowest BCUT2D eigenvalue weighted by atomic mass is 9.81. The van der Waals surface area contributed by atoms with Crippen LogP contribution in [0.4, 0.5) is 5.69 Å². The van der Waals surface area contributed by atoms with E-state index in [2.05, 4.69) is 12.2 Å². The van der Waals surface area contributed by atoms with Gasteiger partial charge in [0.25, 0.3) is 5.91 Å². The molecule has 2 atom stereocenters. The molecule has 1 heterocycles. The SMILES string of the molecule is CC1CCN(C(=O)c2ccccc2NC(=O)C2CCCC(C(=O)O)C2)CC1. The zero-order chi connectivity index (χ0) is 19.4. The van der Waals surface area contributed by atoms with Crippen LogP contribution in [-0.2, 0) is 9.59 Å². The molecule has 1 aromatic carbocycles. The highest BCUT2D eigenvalue weighted by atomic mass is 16.4. The molecule has 0 spiro atoms. The van der Waals surface area contributed by atoms with Crippen molar-refractivity contribution in [3.63, 3.8) is 0 Å². The van der Waals surface area contributed by atoms with Gasteiger partial charge in [0, 0.05) is 19.0 Å². The van der Waals surface area contributed by atoms with Crippen molar-refractivity contribution in [1.29, 1.82) is 0 Å². The maximum Gasteiger partial charge on any atom is 0.306 e. The maximum absolute atomic E-state index is 12.9. The molecule has 1 aromatic rings. The van der Waals surface area contributed by atoms with Gasteiger partial charge in [-0.2, -0.15) is 0 Å². The Morgan fingerprint density at radius 1 is 1.04 bits per heavy atom. The second-order valence-electron chi connectivity index (χ2n) is 7.91. The summed E-state index contributed by atoms with van der Waals surface area (Å²) in [4.78, 5) is 38.7. The molecule has 1 aliphatic heterocycles. The van der Waals surface area contributed by atoms with Gasteiger partial charge in [-0.25, -0.2) is 0 Å². The number of benzene rings is 1. The van der Waals surface area contributed by atoms with Gasteiger partial charge in [0.05, 0.1) is 17.2 Å². The van der Waals surface area contributed by atoms with E-state index in [1.54, 1.807) is 24.3 Å². The first-order valence-corrected chi connectivity index (χ1v) is 9.87. The molecule has 1 aliphatic carbocycles. The summed E-state index contributed by atoms with van der Waals surface area (Å²) in [6, 6.07) is 7.09. The third kappa shape index (κ3) is 4.67. The predicted octanol–water partition coefficient (Wildman–Crippen LogP) is 3.39. The molecule has 3 rings (SSSR count). The number of carboxylic acid groups (broad SMARTS) is 1. The van der Waals surface area contributed by atoms with E-state index in [4.69, 9.17) is 0 Å². The number of carboxylic acids is 1. The number of aliphatic carboxylic acids is 1. The Morgan fingerprint density at radius 3 is 2.41 bits per heavy atom. The highest BCUT2D eigenvalue weighted by molar-refractivity contribution is 6.04. The van der Waals surface area contributed by atoms with Gasteiger partial charge >= 0.3 is 5.97 Å². The third-order valence-electron chi connectivity index (χ3n) is 5.88. The molecule has 0 radical (unpaired) electrons. The summed E-state index contributed by atoms with van der Waals surface area (Å²) >= 11 is 0. The fraction of sp³-hybridized carbons (Fsp3) is 0.571. The summed E-state index contributed by atoms with van der Waals surface area (Å²) in [5.41, 5.74) is 1.02. The predicted molar refractivity (Wildman–Crippen MR) is 102 cm³/mol. The Balaban J connectivity index is 1.69. The number of nitrogens with one attached hydrogen (secondary N) is 1. The molecule has 6 nitrogen and oxygen atoms in total. The van der Waals surface area contributed by atoms with E-state index < -0.39 is 11.9 Å². The molecule has 6 heteroatoms. The van der Waals surface area contributed by atoms with Crippen LogP contribution in [0.5, 0.6) is 0 Å². The van der Waals surface area contributed by atoms with Crippen molar-refractivity contribution in [2.75, 3.05) is 18.4 Å². The van der Waals surface area contributed by atoms with Crippen LogP contribution in [0.15, 0.2) is 24.3 Å². The fourth-order valence-electron chi connectivity index (χ4n) is 4.05. The van der Waals surface area contributed by atoms with Gasteiger partial charge in [0.2, 0.25) is 5.91 Å². The number of hydrogen-bond acceptors (Lipinski definition) is 3. The maximum atomic E-state index is 12.9. The largest absolute Gasteiger partial charge is 0.481 e. The van der Waals surface area contributed by atoms with E-state index >= 15 is 0 Å². The molecule has 0 aromatic heterocycles. The van der Waals surface area contributed by atoms with Gasteiger partial charge < -0.3 is 15.3 Å². The van der Waals surface area contributed by atoms with Gasteiger partial charge in [0.1, 0.15) is 0 Å². The second-order valence-corrected chi connectivity index (χ2v) is 7.91. The molecule has 2 N–H and O–H groups in total. The summed E-state index contributed by atoms with van der Waals surface area (Å²) in [7, 11) is 0. The highest BCUT2D eigenvalue weighted by Gasteiger charge is 2.32. The van der Waals surface area contributed by atoms with Gasteiger partial charge in [-0.1, -0.05) is 25.5 Å². The monoisotopic (exact) mass is 372 g/mol. The minimum Gasteiger partial charge on any atom is -0.481 e. The Labute approximate surface area is 159 Å². The van der Waals surface area contributed by atoms with Crippen molar-refractivity contribution in [2.45, 2.75) is 45.4 Å². The first-order valence-electron chi connectivity index (χ1n) is 9.87. The molecular weight excluding hydrogens is 344 g/mol. The van der Waals surface area contributed by atoms with Crippen LogP contribution in [0.2, 0.25) is 0 Å². The van der Waals surface area contributed by atoms with Crippen molar-refractivity contribution in [3.05, 3.63) is 29.8 Å². The molecule has 2 fully saturated rings. The quantitative estimate of drug-likeness (QED) is 0.848. The topological polar surface area (TPSA) is 86.7 Å². The second kappa shape index (κ2) is 8.55. The molecule has 0 bridgehead atoms. The number of para-hydroxylation sites is 1. The average molecular weight is 372 g/mol. The van der Waals surface area contributed by atoms with E-state index in [0.29, 0.717) is 36.4 Å². The standard InChI is InChI=1S/C21H28N2O4/c1-14-9-11-23(12-10-14)20(25)17-7-2-3-8-18(17)22-19(24)15-5-4-6-16(13-15)21(26)27/h2-3,7-8,14-16H,4-6,9-13H2,1H3,(H,22,24)(H,26,27). The van der Waals surface area contributed by atoms with Crippen molar-refractivity contribution in [1.82, 2.24) is 4.90 Å². The Hall–Kier alpha value is -2.37. The smallest absolute Gasteiger partial charge is 0.306 e. The molecule has 1 saturated heterocycles. The number of hydrogen-bond donors (Lipinski definition) is 2. The molecule has 2 amide bonds. The van der Waals surface area contributed by atoms with Gasteiger partial charge in [-0.3, -0.25) is 14.4 Å². The van der Waals surface area contributed by atoms with E-state index in [1.807, 2.05) is 4.90 Å². The Kier molecular flexibility index (Phi) is 6.14. The summed E-state index contributed by atoms with van der Waals surface area (Å²) in [5.74, 6) is -1.21. The van der Waals surface area contributed by atoms with Crippen LogP contribution in [0.25, 0.3) is 0 Å². The lowest BCUT2D eigenvalue weighted by molar-refractivity contribution is -0.143. The van der Waals surface area contributed by atoms with Crippen molar-refractivity contribution >= 4 is 23.5 Å². The van der Waals surface area contributed by atoms with E-state index in [-0.39, 0.29) is 17.7 Å². The summed E-state index contributed by atoms with van der Waals surface area (Å²) in [6.07, 6.45) is 4.41. The number of rotatable bonds is 4. The van der Waals surface area contributed by atoms with E-state index in [9.17, 15) is 19.5 Å². The van der Waals surface area contributed by atoms with Crippen molar-refractivity contribution in [2.24, 2.45) is 17.8 Å². The molecule has 2 unspecified atom stereocenters. The zero-order valence-corrected chi connectivity index (χ0v) is 15.8. The van der Waals surface area contributed by atoms with Crippen LogP contribution in [0.3, 0.4) is 0 Å². The first kappa shape index (κ1) is 19.4. The molecule has 146 valence electrons. The van der Waals surface area contributed by atoms with E-state index in [0.717, 1.165) is 32.4 Å². The molecule has 27 heavy (non-hydrogen) atoms. The van der Waals surface area contributed by atoms with Crippen molar-refractivity contribution < 1.29 is 19.5 Å². The van der Waals surface area contributed by atoms with Crippen LogP contribution >= 0.6 is 0 Å². The minimum atomic E-state index is -0.831. The summed E-state index contributed by atoms with van der Waals surface area (Å²) in [6.45, 7) is 3.68. The molecular formula is C21H28N2O4. The highest BCUT2D eigenvalue weighted by Crippen LogP contribution is 2.31. The average Bonchev–Trinajstić information content (AvgIpc) is 2.68. The number of nitrogens with zero attached hydrogens (tertiary/aromatic N) is 1. The number of likely N-dealkylation sites (tertiary alicyclic amines) is 1. The normalized spacial score (nSPS) is 23.7. The minimum absolute atomic E-state index is 0.0511. The third-order valence-corrected chi connectivity index (χ3v) is 5.88.